The fourth-order valence-electron chi connectivity index (χ4n) is 2.73. The molecule has 2 N–H and O–H groups in total. The number of H-pyrrole nitrogens is 1. The molecule has 140 valence electrons. The molecule has 28 heavy (non-hydrogen) atoms. The van der Waals surface area contributed by atoms with Crippen molar-refractivity contribution in [2.45, 2.75) is 6.54 Å². The van der Waals surface area contributed by atoms with Gasteiger partial charge in [-0.3, -0.25) is 4.79 Å². The average Bonchev–Trinajstić information content (AvgIpc) is 3.10. The number of rotatable bonds is 5. The molecule has 0 spiro atoms. The van der Waals surface area contributed by atoms with E-state index in [-0.39, 0.29) is 11.7 Å². The predicted molar refractivity (Wildman–Crippen MR) is 105 cm³/mol. The molecule has 0 fully saturated rings. The second kappa shape index (κ2) is 7.70. The van der Waals surface area contributed by atoms with Crippen LogP contribution < -0.4 is 10.1 Å². The number of benzene rings is 2. The number of fused-ring (bicyclic) bond motifs is 1. The van der Waals surface area contributed by atoms with Gasteiger partial charge in [0.15, 0.2) is 0 Å². The lowest BCUT2D eigenvalue weighted by molar-refractivity contribution is 0.0946. The molecule has 0 unspecified atom stereocenters. The van der Waals surface area contributed by atoms with Gasteiger partial charge in [0.1, 0.15) is 17.3 Å². The Morgan fingerprint density at radius 3 is 2.82 bits per heavy atom. The third-order valence-corrected chi connectivity index (χ3v) is 4.33. The molecule has 2 aromatic heterocycles. The van der Waals surface area contributed by atoms with E-state index in [0.717, 1.165) is 16.5 Å². The third-order valence-electron chi connectivity index (χ3n) is 4.10. The summed E-state index contributed by atoms with van der Waals surface area (Å²) in [6, 6.07) is 16.5. The van der Waals surface area contributed by atoms with E-state index in [2.05, 4.69) is 15.3 Å². The minimum Gasteiger partial charge on any atom is -0.439 e. The number of aromatic nitrogens is 2. The molecular formula is C21H15ClFN3O2. The first kappa shape index (κ1) is 18.0. The van der Waals surface area contributed by atoms with Gasteiger partial charge in [0, 0.05) is 40.8 Å². The minimum absolute atomic E-state index is 0.229. The van der Waals surface area contributed by atoms with Crippen LogP contribution in [0.3, 0.4) is 0 Å². The van der Waals surface area contributed by atoms with Crippen molar-refractivity contribution in [3.05, 3.63) is 89.0 Å². The molecule has 0 saturated carbocycles. The Hall–Kier alpha value is -3.38. The number of nitrogens with zero attached hydrogens (tertiary/aromatic N) is 1. The SMILES string of the molecule is O=C(NCc1ccc(Oc2cccc(F)c2)nc1)c1cc2ccc(Cl)cc2[nH]1. The fourth-order valence-corrected chi connectivity index (χ4v) is 2.90. The van der Waals surface area contributed by atoms with Gasteiger partial charge in [-0.05, 0) is 35.9 Å². The van der Waals surface area contributed by atoms with Crippen molar-refractivity contribution in [2.75, 3.05) is 0 Å². The first-order valence-electron chi connectivity index (χ1n) is 8.52. The van der Waals surface area contributed by atoms with Gasteiger partial charge < -0.3 is 15.0 Å². The number of hydrogen-bond acceptors (Lipinski definition) is 3. The molecule has 0 saturated heterocycles. The number of ether oxygens (including phenoxy) is 1. The largest absolute Gasteiger partial charge is 0.439 e. The summed E-state index contributed by atoms with van der Waals surface area (Å²) in [6.07, 6.45) is 1.60. The predicted octanol–water partition coefficient (Wildman–Crippen LogP) is 5.08. The smallest absolute Gasteiger partial charge is 0.267 e. The second-order valence-electron chi connectivity index (χ2n) is 6.16. The minimum atomic E-state index is -0.379. The number of halogens is 2. The fraction of sp³-hybridized carbons (Fsp3) is 0.0476. The molecule has 2 aromatic carbocycles. The van der Waals surface area contributed by atoms with E-state index in [1.165, 1.54) is 12.1 Å². The molecule has 0 aliphatic heterocycles. The highest BCUT2D eigenvalue weighted by Crippen LogP contribution is 2.21. The zero-order chi connectivity index (χ0) is 19.5. The summed E-state index contributed by atoms with van der Waals surface area (Å²) in [5, 5.41) is 4.35. The summed E-state index contributed by atoms with van der Waals surface area (Å²) in [6.45, 7) is 0.308. The van der Waals surface area contributed by atoms with Crippen LogP contribution in [0.25, 0.3) is 10.9 Å². The Balaban J connectivity index is 1.38. The Bertz CT molecular complexity index is 1140. The Kier molecular flexibility index (Phi) is 4.95. The van der Waals surface area contributed by atoms with E-state index in [9.17, 15) is 9.18 Å². The van der Waals surface area contributed by atoms with Crippen LogP contribution in [0.5, 0.6) is 11.6 Å². The van der Waals surface area contributed by atoms with Crippen molar-refractivity contribution in [3.8, 4) is 11.6 Å². The van der Waals surface area contributed by atoms with Crippen molar-refractivity contribution >= 4 is 28.4 Å². The Morgan fingerprint density at radius 2 is 2.04 bits per heavy atom. The summed E-state index contributed by atoms with van der Waals surface area (Å²) in [5.74, 6) is 0.101. The van der Waals surface area contributed by atoms with Gasteiger partial charge in [-0.25, -0.2) is 9.37 Å². The molecule has 0 radical (unpaired) electrons. The lowest BCUT2D eigenvalue weighted by atomic mass is 10.2. The zero-order valence-electron chi connectivity index (χ0n) is 14.6. The summed E-state index contributed by atoms with van der Waals surface area (Å²) in [5.41, 5.74) is 2.06. The van der Waals surface area contributed by atoms with Gasteiger partial charge in [0.05, 0.1) is 0 Å². The number of nitrogens with one attached hydrogen (secondary N) is 2. The number of hydrogen-bond donors (Lipinski definition) is 2. The number of carbonyl (C=O) groups is 1. The molecular weight excluding hydrogens is 381 g/mol. The molecule has 7 heteroatoms. The first-order valence-corrected chi connectivity index (χ1v) is 8.89. The second-order valence-corrected chi connectivity index (χ2v) is 6.60. The maximum absolute atomic E-state index is 13.2. The van der Waals surface area contributed by atoms with E-state index in [1.54, 1.807) is 48.7 Å². The highest BCUT2D eigenvalue weighted by Gasteiger charge is 2.10. The lowest BCUT2D eigenvalue weighted by Crippen LogP contribution is -2.23. The first-order chi connectivity index (χ1) is 13.6. The van der Waals surface area contributed by atoms with Crippen molar-refractivity contribution in [3.63, 3.8) is 0 Å². The molecule has 4 rings (SSSR count). The standard InChI is InChI=1S/C21H15ClFN3O2/c22-15-6-5-14-8-19(26-18(14)9-15)21(27)25-12-13-4-7-20(24-11-13)28-17-3-1-2-16(23)10-17/h1-11,26H,12H2,(H,25,27). The van der Waals surface area contributed by atoms with E-state index in [0.29, 0.717) is 28.9 Å². The normalized spacial score (nSPS) is 10.8. The van der Waals surface area contributed by atoms with E-state index >= 15 is 0 Å². The number of amides is 1. The van der Waals surface area contributed by atoms with Gasteiger partial charge in [-0.1, -0.05) is 29.8 Å². The van der Waals surface area contributed by atoms with Crippen LogP contribution in [-0.2, 0) is 6.54 Å². The molecule has 0 atom stereocenters. The molecule has 2 heterocycles. The van der Waals surface area contributed by atoms with Crippen LogP contribution in [0.4, 0.5) is 4.39 Å². The zero-order valence-corrected chi connectivity index (χ0v) is 15.3. The highest BCUT2D eigenvalue weighted by atomic mass is 35.5. The van der Waals surface area contributed by atoms with Crippen molar-refractivity contribution < 1.29 is 13.9 Å². The molecule has 0 aliphatic carbocycles. The van der Waals surface area contributed by atoms with Crippen LogP contribution in [0.15, 0.2) is 66.9 Å². The van der Waals surface area contributed by atoms with Crippen LogP contribution >= 0.6 is 11.6 Å². The van der Waals surface area contributed by atoms with Crippen LogP contribution in [-0.4, -0.2) is 15.9 Å². The number of pyridine rings is 1. The average molecular weight is 396 g/mol. The summed E-state index contributed by atoms with van der Waals surface area (Å²) in [4.78, 5) is 19.6. The van der Waals surface area contributed by atoms with E-state index < -0.39 is 0 Å². The van der Waals surface area contributed by atoms with E-state index in [1.807, 2.05) is 6.07 Å². The Labute approximate surface area is 165 Å². The summed E-state index contributed by atoms with van der Waals surface area (Å²) >= 11 is 5.96. The number of aromatic amines is 1. The molecule has 0 bridgehead atoms. The van der Waals surface area contributed by atoms with E-state index in [4.69, 9.17) is 16.3 Å². The van der Waals surface area contributed by atoms with Gasteiger partial charge in [-0.2, -0.15) is 0 Å². The van der Waals surface area contributed by atoms with Gasteiger partial charge in [0.2, 0.25) is 5.88 Å². The molecule has 1 amide bonds. The van der Waals surface area contributed by atoms with Crippen molar-refractivity contribution in [1.82, 2.24) is 15.3 Å². The quantitative estimate of drug-likeness (QED) is 0.495. The van der Waals surface area contributed by atoms with Crippen LogP contribution in [0.1, 0.15) is 16.1 Å². The van der Waals surface area contributed by atoms with Gasteiger partial charge in [0.25, 0.3) is 5.91 Å². The van der Waals surface area contributed by atoms with Crippen LogP contribution in [0.2, 0.25) is 5.02 Å². The van der Waals surface area contributed by atoms with Crippen molar-refractivity contribution in [1.29, 1.82) is 0 Å². The number of carbonyl (C=O) groups excluding carboxylic acids is 1. The molecule has 0 aliphatic rings. The summed E-state index contributed by atoms with van der Waals surface area (Å²) < 4.78 is 18.7. The van der Waals surface area contributed by atoms with Crippen LogP contribution in [0, 0.1) is 5.82 Å². The molecule has 4 aromatic rings. The maximum Gasteiger partial charge on any atom is 0.267 e. The third kappa shape index (κ3) is 4.13. The monoisotopic (exact) mass is 395 g/mol. The summed E-state index contributed by atoms with van der Waals surface area (Å²) in [7, 11) is 0. The molecule has 5 nitrogen and oxygen atoms in total. The lowest BCUT2D eigenvalue weighted by Gasteiger charge is -2.07. The van der Waals surface area contributed by atoms with Gasteiger partial charge >= 0.3 is 0 Å². The van der Waals surface area contributed by atoms with Crippen molar-refractivity contribution in [2.24, 2.45) is 0 Å². The van der Waals surface area contributed by atoms with Gasteiger partial charge in [-0.15, -0.1) is 0 Å². The highest BCUT2D eigenvalue weighted by molar-refractivity contribution is 6.31. The maximum atomic E-state index is 13.2. The topological polar surface area (TPSA) is 67.0 Å². The Morgan fingerprint density at radius 1 is 1.14 bits per heavy atom.